The van der Waals surface area contributed by atoms with Crippen LogP contribution in [-0.4, -0.2) is 16.6 Å². The molecule has 144 valence electrons. The molecule has 0 aliphatic heterocycles. The van der Waals surface area contributed by atoms with E-state index in [1.807, 2.05) is 57.2 Å². The van der Waals surface area contributed by atoms with E-state index in [2.05, 4.69) is 11.4 Å². The molecule has 1 amide bonds. The first-order valence-electron chi connectivity index (χ1n) is 9.15. The van der Waals surface area contributed by atoms with E-state index in [1.54, 1.807) is 23.9 Å². The summed E-state index contributed by atoms with van der Waals surface area (Å²) in [5.74, 6) is 1.15. The number of ether oxygens (including phenoxy) is 1. The first kappa shape index (κ1) is 19.3. The van der Waals surface area contributed by atoms with Gasteiger partial charge in [-0.2, -0.15) is 5.26 Å². The fourth-order valence-corrected chi connectivity index (χ4v) is 3.04. The molecule has 3 aromatic rings. The summed E-state index contributed by atoms with van der Waals surface area (Å²) >= 11 is 0. The third-order valence-corrected chi connectivity index (χ3v) is 4.32. The molecule has 0 radical (unpaired) electrons. The Hall–Kier alpha value is -3.46. The maximum atomic E-state index is 12.9. The number of amides is 1. The van der Waals surface area contributed by atoms with Gasteiger partial charge in [-0.3, -0.25) is 9.36 Å². The topological polar surface area (TPSA) is 80.2 Å². The number of rotatable bonds is 6. The third-order valence-electron chi connectivity index (χ3n) is 4.32. The van der Waals surface area contributed by atoms with Gasteiger partial charge in [0.1, 0.15) is 28.7 Å². The quantitative estimate of drug-likeness (QED) is 0.684. The lowest BCUT2D eigenvalue weighted by molar-refractivity contribution is 0.0938. The Kier molecular flexibility index (Phi) is 5.55. The van der Waals surface area contributed by atoms with Gasteiger partial charge in [0, 0.05) is 12.4 Å². The van der Waals surface area contributed by atoms with Gasteiger partial charge in [0.2, 0.25) is 5.88 Å². The first-order valence-corrected chi connectivity index (χ1v) is 9.15. The Morgan fingerprint density at radius 3 is 2.57 bits per heavy atom. The maximum absolute atomic E-state index is 12.9. The molecule has 2 aromatic heterocycles. The standard InChI is InChI=1S/C22H23N3O3/c1-14(2)27-18-9-7-8-17(12-18)15(3)24-21(26)20-16(4)28-22(19(20)13-23)25-10-5-6-11-25/h5-12,14-15H,1-4H3,(H,24,26)/t15-/m1/s1. The molecule has 1 N–H and O–H groups in total. The second-order valence-corrected chi connectivity index (χ2v) is 6.85. The Morgan fingerprint density at radius 2 is 1.93 bits per heavy atom. The molecule has 0 aliphatic rings. The molecule has 3 rings (SSSR count). The first-order chi connectivity index (χ1) is 13.4. The molecule has 2 heterocycles. The van der Waals surface area contributed by atoms with Gasteiger partial charge in [0.25, 0.3) is 5.91 Å². The van der Waals surface area contributed by atoms with Crippen LogP contribution in [0.3, 0.4) is 0 Å². The summed E-state index contributed by atoms with van der Waals surface area (Å²) in [6.07, 6.45) is 3.60. The van der Waals surface area contributed by atoms with Crippen LogP contribution < -0.4 is 10.1 Å². The lowest BCUT2D eigenvalue weighted by Crippen LogP contribution is -2.27. The molecule has 6 heteroatoms. The molecule has 28 heavy (non-hydrogen) atoms. The lowest BCUT2D eigenvalue weighted by atomic mass is 10.1. The van der Waals surface area contributed by atoms with Crippen LogP contribution in [0.5, 0.6) is 5.75 Å². The highest BCUT2D eigenvalue weighted by Gasteiger charge is 2.25. The summed E-state index contributed by atoms with van der Waals surface area (Å²) in [4.78, 5) is 12.9. The average molecular weight is 377 g/mol. The van der Waals surface area contributed by atoms with Crippen LogP contribution in [-0.2, 0) is 0 Å². The van der Waals surface area contributed by atoms with Crippen LogP contribution in [0, 0.1) is 18.3 Å². The number of benzene rings is 1. The number of nitriles is 1. The van der Waals surface area contributed by atoms with E-state index in [0.29, 0.717) is 11.6 Å². The second-order valence-electron chi connectivity index (χ2n) is 6.85. The number of furan rings is 1. The summed E-state index contributed by atoms with van der Waals surface area (Å²) in [5, 5.41) is 12.6. The Balaban J connectivity index is 1.85. The minimum absolute atomic E-state index is 0.0685. The molecule has 6 nitrogen and oxygen atoms in total. The largest absolute Gasteiger partial charge is 0.491 e. The highest BCUT2D eigenvalue weighted by atomic mass is 16.5. The molecular weight excluding hydrogens is 354 g/mol. The van der Waals surface area contributed by atoms with Gasteiger partial charge < -0.3 is 14.5 Å². The molecule has 0 bridgehead atoms. The predicted octanol–water partition coefficient (Wildman–Crippen LogP) is 4.53. The molecule has 0 saturated heterocycles. The minimum atomic E-state index is -0.348. The van der Waals surface area contributed by atoms with Gasteiger partial charge in [-0.15, -0.1) is 0 Å². The van der Waals surface area contributed by atoms with E-state index >= 15 is 0 Å². The van der Waals surface area contributed by atoms with Crippen LogP contribution in [0.15, 0.2) is 53.2 Å². The molecule has 0 saturated carbocycles. The predicted molar refractivity (Wildman–Crippen MR) is 106 cm³/mol. The van der Waals surface area contributed by atoms with Crippen molar-refractivity contribution in [2.75, 3.05) is 0 Å². The smallest absolute Gasteiger partial charge is 0.256 e. The van der Waals surface area contributed by atoms with Crippen molar-refractivity contribution >= 4 is 5.91 Å². The van der Waals surface area contributed by atoms with Gasteiger partial charge in [0.15, 0.2) is 0 Å². The highest BCUT2D eigenvalue weighted by molar-refractivity contribution is 5.98. The number of carbonyl (C=O) groups excluding carboxylic acids is 1. The monoisotopic (exact) mass is 377 g/mol. The summed E-state index contributed by atoms with van der Waals surface area (Å²) in [5.41, 5.74) is 1.39. The van der Waals surface area contributed by atoms with Crippen molar-refractivity contribution in [3.05, 3.63) is 71.2 Å². The van der Waals surface area contributed by atoms with Crippen molar-refractivity contribution in [2.24, 2.45) is 0 Å². The average Bonchev–Trinajstić information content (AvgIpc) is 3.28. The fourth-order valence-electron chi connectivity index (χ4n) is 3.04. The van der Waals surface area contributed by atoms with Gasteiger partial charge >= 0.3 is 0 Å². The number of hydrogen-bond acceptors (Lipinski definition) is 4. The van der Waals surface area contributed by atoms with Crippen molar-refractivity contribution in [1.82, 2.24) is 9.88 Å². The van der Waals surface area contributed by atoms with E-state index in [4.69, 9.17) is 9.15 Å². The Labute approximate surface area is 164 Å². The Bertz CT molecular complexity index is 1010. The molecule has 0 unspecified atom stereocenters. The zero-order valence-corrected chi connectivity index (χ0v) is 16.4. The van der Waals surface area contributed by atoms with Crippen molar-refractivity contribution in [1.29, 1.82) is 5.26 Å². The SMILES string of the molecule is Cc1oc(-n2cccc2)c(C#N)c1C(=O)N[C@H](C)c1cccc(OC(C)C)c1. The molecule has 1 aromatic carbocycles. The fraction of sp³-hybridized carbons (Fsp3) is 0.273. The summed E-state index contributed by atoms with van der Waals surface area (Å²) in [6, 6.07) is 13.1. The number of carbonyl (C=O) groups is 1. The second kappa shape index (κ2) is 8.05. The number of nitrogens with zero attached hydrogens (tertiary/aromatic N) is 2. The van der Waals surface area contributed by atoms with Crippen LogP contribution >= 0.6 is 0 Å². The van der Waals surface area contributed by atoms with Crippen LogP contribution in [0.25, 0.3) is 5.88 Å². The van der Waals surface area contributed by atoms with E-state index in [1.165, 1.54) is 0 Å². The zero-order valence-electron chi connectivity index (χ0n) is 16.4. The van der Waals surface area contributed by atoms with Crippen molar-refractivity contribution in [2.45, 2.75) is 39.8 Å². The zero-order chi connectivity index (χ0) is 20.3. The molecular formula is C22H23N3O3. The summed E-state index contributed by atoms with van der Waals surface area (Å²) < 4.78 is 13.1. The van der Waals surface area contributed by atoms with Crippen molar-refractivity contribution < 1.29 is 13.9 Å². The normalized spacial score (nSPS) is 11.9. The minimum Gasteiger partial charge on any atom is -0.491 e. The van der Waals surface area contributed by atoms with Crippen LogP contribution in [0.1, 0.15) is 54.1 Å². The van der Waals surface area contributed by atoms with Crippen LogP contribution in [0.4, 0.5) is 0 Å². The van der Waals surface area contributed by atoms with Crippen molar-refractivity contribution in [3.8, 4) is 17.7 Å². The summed E-state index contributed by atoms with van der Waals surface area (Å²) in [7, 11) is 0. The van der Waals surface area contributed by atoms with Crippen molar-refractivity contribution in [3.63, 3.8) is 0 Å². The lowest BCUT2D eigenvalue weighted by Gasteiger charge is -2.16. The molecule has 1 atom stereocenters. The van der Waals surface area contributed by atoms with E-state index in [-0.39, 0.29) is 29.2 Å². The molecule has 0 fully saturated rings. The van der Waals surface area contributed by atoms with Gasteiger partial charge in [-0.25, -0.2) is 0 Å². The molecule has 0 aliphatic carbocycles. The summed E-state index contributed by atoms with van der Waals surface area (Å²) in [6.45, 7) is 7.50. The van der Waals surface area contributed by atoms with E-state index in [9.17, 15) is 10.1 Å². The van der Waals surface area contributed by atoms with E-state index in [0.717, 1.165) is 11.3 Å². The number of nitrogens with one attached hydrogen (secondary N) is 1. The maximum Gasteiger partial charge on any atom is 0.256 e. The van der Waals surface area contributed by atoms with E-state index < -0.39 is 0 Å². The van der Waals surface area contributed by atoms with Crippen LogP contribution in [0.2, 0.25) is 0 Å². The number of hydrogen-bond donors (Lipinski definition) is 1. The third kappa shape index (κ3) is 3.94. The highest BCUT2D eigenvalue weighted by Crippen LogP contribution is 2.27. The van der Waals surface area contributed by atoms with Gasteiger partial charge in [-0.1, -0.05) is 12.1 Å². The van der Waals surface area contributed by atoms with Gasteiger partial charge in [-0.05, 0) is 57.5 Å². The Morgan fingerprint density at radius 1 is 1.21 bits per heavy atom. The van der Waals surface area contributed by atoms with Gasteiger partial charge in [0.05, 0.1) is 12.1 Å². The number of aromatic nitrogens is 1. The number of aryl methyl sites for hydroxylation is 1. The molecule has 0 spiro atoms.